The monoisotopic (exact) mass is 992 g/mol. The van der Waals surface area contributed by atoms with Crippen LogP contribution in [-0.4, -0.2) is 129 Å². The molecule has 26 heteroatoms. The van der Waals surface area contributed by atoms with Gasteiger partial charge in [0.05, 0.1) is 79.6 Å². The molecular formula is C40H42Cl2N16O5S3. The first kappa shape index (κ1) is 47.6. The number of imidazole rings is 2. The number of carbonyl (C=O) groups excluding carboxylic acids is 1. The number of H-pyrrole nitrogens is 2. The fourth-order valence-electron chi connectivity index (χ4n) is 6.50. The fourth-order valence-corrected chi connectivity index (χ4v) is 7.96. The maximum atomic E-state index is 12.7. The molecule has 0 radical (unpaired) electrons. The molecule has 1 amide bonds. The first-order valence-electron chi connectivity index (χ1n) is 19.6. The van der Waals surface area contributed by atoms with E-state index in [-0.39, 0.29) is 11.0 Å². The van der Waals surface area contributed by atoms with Crippen molar-refractivity contribution in [2.45, 2.75) is 13.1 Å². The molecule has 66 heavy (non-hydrogen) atoms. The lowest BCUT2D eigenvalue weighted by atomic mass is 10.1. The van der Waals surface area contributed by atoms with E-state index in [2.05, 4.69) is 96.6 Å². The van der Waals surface area contributed by atoms with Crippen LogP contribution in [-0.2, 0) is 23.5 Å². The smallest absolute Gasteiger partial charge is 0.330 e. The minimum Gasteiger partial charge on any atom is -0.330 e. The van der Waals surface area contributed by atoms with Gasteiger partial charge < -0.3 is 29.6 Å². The van der Waals surface area contributed by atoms with Crippen molar-refractivity contribution in [2.75, 3.05) is 51.9 Å². The van der Waals surface area contributed by atoms with Gasteiger partial charge in [0.15, 0.2) is 10.1 Å². The fraction of sp³-hybridized carbons (Fsp3) is 0.200. The third kappa shape index (κ3) is 11.7. The van der Waals surface area contributed by atoms with Gasteiger partial charge in [-0.2, -0.15) is 18.6 Å². The summed E-state index contributed by atoms with van der Waals surface area (Å²) in [6.45, 7) is 3.48. The van der Waals surface area contributed by atoms with Gasteiger partial charge in [-0.3, -0.25) is 34.9 Å². The number of anilines is 3. The number of aromatic nitrogens is 10. The van der Waals surface area contributed by atoms with Crippen LogP contribution in [0.2, 0.25) is 10.0 Å². The van der Waals surface area contributed by atoms with Gasteiger partial charge in [-0.25, -0.2) is 9.97 Å². The third-order valence-electron chi connectivity index (χ3n) is 9.67. The molecule has 0 aliphatic rings. The van der Waals surface area contributed by atoms with E-state index in [1.165, 1.54) is 11.3 Å². The highest BCUT2D eigenvalue weighted by Crippen LogP contribution is 2.36. The zero-order valence-corrected chi connectivity index (χ0v) is 39.4. The van der Waals surface area contributed by atoms with Gasteiger partial charge >= 0.3 is 10.4 Å². The predicted octanol–water partition coefficient (Wildman–Crippen LogP) is 6.50. The maximum absolute atomic E-state index is 12.7. The number of hydrogen-bond acceptors (Lipinski definition) is 14. The van der Waals surface area contributed by atoms with Crippen LogP contribution in [0, 0.1) is 0 Å². The van der Waals surface area contributed by atoms with Crippen molar-refractivity contribution in [3.63, 3.8) is 0 Å². The topological polar surface area (TPSA) is 265 Å². The number of thiocarbonyl (C=S) groups is 1. The molecule has 344 valence electrons. The molecule has 0 saturated heterocycles. The second-order valence-electron chi connectivity index (χ2n) is 14.9. The summed E-state index contributed by atoms with van der Waals surface area (Å²) in [5, 5.41) is 33.1. The van der Waals surface area contributed by atoms with E-state index in [1.807, 2.05) is 67.5 Å². The Morgan fingerprint density at radius 3 is 1.92 bits per heavy atom. The van der Waals surface area contributed by atoms with Crippen LogP contribution >= 0.6 is 46.8 Å². The van der Waals surface area contributed by atoms with Gasteiger partial charge in [0.25, 0.3) is 5.91 Å². The first-order valence-corrected chi connectivity index (χ1v) is 23.0. The molecule has 9 aromatic rings. The van der Waals surface area contributed by atoms with Gasteiger partial charge in [0, 0.05) is 42.5 Å². The third-order valence-corrected chi connectivity index (χ3v) is 11.6. The number of halogens is 2. The number of nitrogens with one attached hydrogen (secondary N) is 6. The van der Waals surface area contributed by atoms with Crippen molar-refractivity contribution in [1.82, 2.24) is 70.3 Å². The molecule has 5 heterocycles. The predicted molar refractivity (Wildman–Crippen MR) is 262 cm³/mol. The van der Waals surface area contributed by atoms with Crippen molar-refractivity contribution < 1.29 is 22.3 Å². The molecule has 0 saturated carbocycles. The number of likely N-dealkylation sites (N-methyl/N-ethyl adjacent to an activating group) is 2. The van der Waals surface area contributed by atoms with Gasteiger partial charge in [-0.05, 0) is 88.9 Å². The Kier molecular flexibility index (Phi) is 15.1. The molecule has 0 unspecified atom stereocenters. The van der Waals surface area contributed by atoms with Gasteiger partial charge in [-0.1, -0.05) is 46.7 Å². The Hall–Kier alpha value is -6.35. The number of fused-ring (bicyclic) bond motifs is 4. The van der Waals surface area contributed by atoms with Crippen LogP contribution in [0.3, 0.4) is 0 Å². The van der Waals surface area contributed by atoms with Crippen molar-refractivity contribution in [3.8, 4) is 10.6 Å². The number of hydrogen-bond donors (Lipinski definition) is 8. The lowest BCUT2D eigenvalue weighted by molar-refractivity contribution is 0.0945. The summed E-state index contributed by atoms with van der Waals surface area (Å²) >= 11 is 19.6. The highest BCUT2D eigenvalue weighted by molar-refractivity contribution is 7.80. The van der Waals surface area contributed by atoms with E-state index in [1.54, 1.807) is 30.9 Å². The van der Waals surface area contributed by atoms with Crippen LogP contribution in [0.5, 0.6) is 0 Å². The van der Waals surface area contributed by atoms with E-state index in [9.17, 15) is 4.79 Å². The van der Waals surface area contributed by atoms with Crippen molar-refractivity contribution in [1.29, 1.82) is 0 Å². The second-order valence-corrected chi connectivity index (χ2v) is 17.9. The lowest BCUT2D eigenvalue weighted by Gasteiger charge is -2.13. The summed E-state index contributed by atoms with van der Waals surface area (Å²) in [7, 11) is 3.50. The molecule has 8 N–H and O–H groups in total. The molecule has 0 bridgehead atoms. The molecule has 0 atom stereocenters. The molecule has 0 aliphatic carbocycles. The quantitative estimate of drug-likeness (QED) is 0.0391. The van der Waals surface area contributed by atoms with Gasteiger partial charge in [0.1, 0.15) is 5.52 Å². The first-order chi connectivity index (χ1) is 31.5. The molecular weight excluding hydrogens is 952 g/mol. The average Bonchev–Trinajstić information content (AvgIpc) is 4.13. The van der Waals surface area contributed by atoms with Gasteiger partial charge in [0.2, 0.25) is 5.13 Å². The van der Waals surface area contributed by atoms with E-state index < -0.39 is 10.4 Å². The zero-order chi connectivity index (χ0) is 47.1. The van der Waals surface area contributed by atoms with Crippen LogP contribution in [0.1, 0.15) is 10.4 Å². The van der Waals surface area contributed by atoms with Crippen molar-refractivity contribution in [2.24, 2.45) is 0 Å². The van der Waals surface area contributed by atoms with Crippen molar-refractivity contribution >= 4 is 129 Å². The zero-order valence-electron chi connectivity index (χ0n) is 35.5. The Balaban J connectivity index is 0.000000178. The number of hydrazine groups is 1. The number of benzene rings is 4. The highest BCUT2D eigenvalue weighted by atomic mass is 35.5. The van der Waals surface area contributed by atoms with Crippen molar-refractivity contribution in [3.05, 3.63) is 101 Å². The van der Waals surface area contributed by atoms with Gasteiger partial charge in [-0.15, -0.1) is 10.2 Å². The van der Waals surface area contributed by atoms with E-state index in [0.717, 1.165) is 80.8 Å². The number of rotatable bonds is 11. The number of nitrogens with zero attached hydrogens (tertiary/aromatic N) is 10. The van der Waals surface area contributed by atoms with E-state index in [0.29, 0.717) is 31.9 Å². The number of para-hydroxylation sites is 2. The maximum Gasteiger partial charge on any atom is 0.394 e. The van der Waals surface area contributed by atoms with E-state index >= 15 is 0 Å². The molecule has 9 rings (SSSR count). The minimum absolute atomic E-state index is 0.196. The molecule has 5 aromatic heterocycles. The summed E-state index contributed by atoms with van der Waals surface area (Å²) < 4.78 is 35.8. The largest absolute Gasteiger partial charge is 0.394 e. The molecule has 0 spiro atoms. The highest BCUT2D eigenvalue weighted by Gasteiger charge is 2.17. The van der Waals surface area contributed by atoms with Crippen LogP contribution in [0.15, 0.2) is 85.7 Å². The minimum atomic E-state index is -4.67. The summed E-state index contributed by atoms with van der Waals surface area (Å²) in [6, 6.07) is 19.1. The SMILES string of the molecule is CN(C)CCn1cnc2c(-c3nnc(Nc4ccc5[nH]ncc5c4Cl)s3)cccc21.CN(C)CCn1cnc2c(C(=O)NNC(=S)Nc3ccc4[nH]ncc4c3Cl)cccc21.O=S(=O)(O)O. The van der Waals surface area contributed by atoms with Crippen LogP contribution < -0.4 is 21.5 Å². The molecule has 0 aliphatic heterocycles. The summed E-state index contributed by atoms with van der Waals surface area (Å²) in [6.07, 6.45) is 6.98. The second kappa shape index (κ2) is 20.9. The summed E-state index contributed by atoms with van der Waals surface area (Å²) in [5.74, 6) is -0.344. The molecule has 4 aromatic carbocycles. The Bertz CT molecular complexity index is 3270. The normalized spacial score (nSPS) is 11.5. The molecule has 0 fully saturated rings. The Morgan fingerprint density at radius 2 is 1.32 bits per heavy atom. The Labute approximate surface area is 396 Å². The van der Waals surface area contributed by atoms with Crippen LogP contribution in [0.25, 0.3) is 54.4 Å². The van der Waals surface area contributed by atoms with Crippen LogP contribution in [0.4, 0.5) is 16.5 Å². The standard InChI is InChI=1S/C20H21ClN8OS.C20H19ClN8S.H2O4S/c1-28(2)8-9-29-11-22-18-12(4-3-5-16(18)29)19(30)26-27-20(31)24-15-7-6-14-13(17(15)21)10-23-25-14;1-28(2)8-9-29-11-22-18-12(4-3-5-16(18)29)19-26-27-20(30-19)24-15-7-6-14-13(17(15)21)10-23-25-14;1-5(2,3)4/h3-7,10-11H,8-9H2,1-2H3,(H,23,25)(H,26,30)(H2,24,27,31);3-7,10-11H,8-9H2,1-2H3,(H,23,25)(H,24,27);(H2,1,2,3,4). The Morgan fingerprint density at radius 1 is 0.773 bits per heavy atom. The molecule has 21 nitrogen and oxygen atoms in total. The summed E-state index contributed by atoms with van der Waals surface area (Å²) in [4.78, 5) is 26.1. The lowest BCUT2D eigenvalue weighted by Crippen LogP contribution is -2.43. The number of carbonyl (C=O) groups is 1. The van der Waals surface area contributed by atoms with E-state index in [4.69, 9.17) is 52.9 Å². The number of aromatic amines is 2. The average molecular weight is 994 g/mol. The number of amides is 1. The summed E-state index contributed by atoms with van der Waals surface area (Å²) in [5.41, 5.74) is 13.4.